The van der Waals surface area contributed by atoms with Crippen molar-refractivity contribution in [3.8, 4) is 0 Å². The molecule has 6 nitrogen and oxygen atoms in total. The van der Waals surface area contributed by atoms with Crippen LogP contribution < -0.4 is 15.5 Å². The van der Waals surface area contributed by atoms with Crippen LogP contribution in [0.25, 0.3) is 0 Å². The fourth-order valence-electron chi connectivity index (χ4n) is 6.61. The Morgan fingerprint density at radius 2 is 1.60 bits per heavy atom. The summed E-state index contributed by atoms with van der Waals surface area (Å²) in [6.07, 6.45) is 1.24. The number of carbonyl (C=O) groups is 2. The van der Waals surface area contributed by atoms with Crippen LogP contribution in [-0.4, -0.2) is 38.1 Å². The second kappa shape index (κ2) is 9.88. The molecule has 0 radical (unpaired) electrons. The fraction of sp³-hybridized carbons (Fsp3) is 0.310. The summed E-state index contributed by atoms with van der Waals surface area (Å²) in [5.74, 6) is -9.74. The lowest BCUT2D eigenvalue weighted by molar-refractivity contribution is -0.143. The van der Waals surface area contributed by atoms with Gasteiger partial charge >= 0.3 is 5.97 Å². The highest BCUT2D eigenvalue weighted by molar-refractivity contribution is 9.10. The zero-order chi connectivity index (χ0) is 28.3. The Balaban J connectivity index is 1.67. The molecular formula is C29H24BrF4N3O3. The highest BCUT2D eigenvalue weighted by Gasteiger charge is 2.67. The molecule has 0 saturated carbocycles. The first kappa shape index (κ1) is 26.8. The number of nitrogens with zero attached hydrogens (tertiary/aromatic N) is 1. The Kier molecular flexibility index (Phi) is 6.61. The summed E-state index contributed by atoms with van der Waals surface area (Å²) in [5.41, 5.74) is -2.47. The summed E-state index contributed by atoms with van der Waals surface area (Å²) >= 11 is 3.37. The molecule has 1 spiro atoms. The van der Waals surface area contributed by atoms with Gasteiger partial charge in [-0.3, -0.25) is 14.9 Å². The van der Waals surface area contributed by atoms with Crippen molar-refractivity contribution in [2.45, 2.75) is 36.3 Å². The molecule has 2 saturated heterocycles. The number of rotatable bonds is 4. The van der Waals surface area contributed by atoms with Gasteiger partial charge in [-0.15, -0.1) is 0 Å². The zero-order valence-electron chi connectivity index (χ0n) is 21.2. The third kappa shape index (κ3) is 3.70. The lowest BCUT2D eigenvalue weighted by Crippen LogP contribution is -2.45. The lowest BCUT2D eigenvalue weighted by atomic mass is 9.63. The van der Waals surface area contributed by atoms with Crippen LogP contribution in [0.4, 0.5) is 28.9 Å². The number of fused-ring (bicyclic) bond motifs is 2. The molecular weight excluding hydrogens is 594 g/mol. The third-order valence-corrected chi connectivity index (χ3v) is 8.82. The van der Waals surface area contributed by atoms with E-state index >= 15 is 17.6 Å². The van der Waals surface area contributed by atoms with Crippen molar-refractivity contribution in [1.82, 2.24) is 5.32 Å². The number of halogens is 5. The predicted octanol–water partition coefficient (Wildman–Crippen LogP) is 5.47. The van der Waals surface area contributed by atoms with Crippen molar-refractivity contribution in [2.75, 3.05) is 30.4 Å². The number of hydrogen-bond donors (Lipinski definition) is 2. The maximum atomic E-state index is 16.1. The maximum Gasteiger partial charge on any atom is 0.323 e. The highest BCUT2D eigenvalue weighted by Crippen LogP contribution is 2.60. The van der Waals surface area contributed by atoms with Gasteiger partial charge in [-0.1, -0.05) is 46.3 Å². The first-order chi connectivity index (χ1) is 19.2. The summed E-state index contributed by atoms with van der Waals surface area (Å²) in [7, 11) is 1.09. The summed E-state index contributed by atoms with van der Waals surface area (Å²) in [5, 5.41) is 5.82. The van der Waals surface area contributed by atoms with Gasteiger partial charge in [0, 0.05) is 34.7 Å². The van der Waals surface area contributed by atoms with Crippen molar-refractivity contribution >= 4 is 39.2 Å². The number of ether oxygens (including phenoxy) is 1. The van der Waals surface area contributed by atoms with Gasteiger partial charge in [-0.25, -0.2) is 17.6 Å². The van der Waals surface area contributed by atoms with Crippen LogP contribution in [-0.2, 0) is 19.7 Å². The molecule has 0 aliphatic carbocycles. The number of nitrogens with one attached hydrogen (secondary N) is 2. The van der Waals surface area contributed by atoms with E-state index in [1.54, 1.807) is 48.5 Å². The zero-order valence-corrected chi connectivity index (χ0v) is 22.8. The monoisotopic (exact) mass is 617 g/mol. The quantitative estimate of drug-likeness (QED) is 0.231. The van der Waals surface area contributed by atoms with Gasteiger partial charge in [0.15, 0.2) is 23.3 Å². The van der Waals surface area contributed by atoms with E-state index in [4.69, 9.17) is 4.74 Å². The first-order valence-electron chi connectivity index (χ1n) is 12.8. The SMILES string of the molecule is COC(=O)[C@@H]1N[C@H](c2ccc(Br)cc2)[C@]2(C(=O)Nc3ccccc32)[C@H]1c1c(F)c(F)c(N2CCCC2)c(F)c1F. The molecule has 40 heavy (non-hydrogen) atoms. The number of hydrogen-bond acceptors (Lipinski definition) is 5. The number of esters is 1. The summed E-state index contributed by atoms with van der Waals surface area (Å²) in [4.78, 5) is 28.5. The smallest absolute Gasteiger partial charge is 0.323 e. The molecule has 0 unspecified atom stereocenters. The van der Waals surface area contributed by atoms with Crippen molar-refractivity contribution in [3.05, 3.63) is 93.0 Å². The van der Waals surface area contributed by atoms with Gasteiger partial charge in [0.2, 0.25) is 5.91 Å². The summed E-state index contributed by atoms with van der Waals surface area (Å²) in [6, 6.07) is 10.8. The van der Waals surface area contributed by atoms with E-state index in [1.807, 2.05) is 0 Å². The average molecular weight is 618 g/mol. The van der Waals surface area contributed by atoms with Crippen molar-refractivity contribution in [3.63, 3.8) is 0 Å². The molecule has 3 aromatic rings. The normalized spacial score (nSPS) is 25.4. The van der Waals surface area contributed by atoms with Gasteiger partial charge in [0.1, 0.15) is 17.1 Å². The van der Waals surface area contributed by atoms with Gasteiger partial charge < -0.3 is 15.0 Å². The van der Waals surface area contributed by atoms with E-state index < -0.39 is 69.8 Å². The standard InChI is InChI=1S/C29H24BrF4N3O3/c1-40-27(38)24-19(18-20(31)22(33)25(23(34)21(18)32)37-12-4-5-13-37)29(16-6-2-3-7-17(16)35-28(29)39)26(36-24)14-8-10-15(30)11-9-14/h2-3,6-11,19,24,26,36H,4-5,12-13H2,1H3,(H,35,39)/t19-,24+,26+,29+/m0/s1. The summed E-state index contributed by atoms with van der Waals surface area (Å²) < 4.78 is 69.4. The molecule has 2 N–H and O–H groups in total. The molecule has 2 fully saturated rings. The number of anilines is 2. The van der Waals surface area contributed by atoms with Gasteiger partial charge in [0.25, 0.3) is 0 Å². The minimum atomic E-state index is -1.88. The predicted molar refractivity (Wildman–Crippen MR) is 143 cm³/mol. The Hall–Kier alpha value is -3.44. The second-order valence-corrected chi connectivity index (χ2v) is 11.1. The van der Waals surface area contributed by atoms with Crippen LogP contribution in [0.1, 0.15) is 41.5 Å². The first-order valence-corrected chi connectivity index (χ1v) is 13.6. The molecule has 6 rings (SSSR count). The Bertz CT molecular complexity index is 1500. The van der Waals surface area contributed by atoms with Crippen LogP contribution in [0.2, 0.25) is 0 Å². The number of benzene rings is 3. The van der Waals surface area contributed by atoms with E-state index in [2.05, 4.69) is 26.6 Å². The summed E-state index contributed by atoms with van der Waals surface area (Å²) in [6.45, 7) is 0.487. The van der Waals surface area contributed by atoms with Crippen molar-refractivity contribution in [2.24, 2.45) is 0 Å². The fourth-order valence-corrected chi connectivity index (χ4v) is 6.88. The molecule has 0 bridgehead atoms. The molecule has 208 valence electrons. The van der Waals surface area contributed by atoms with Crippen LogP contribution in [0.3, 0.4) is 0 Å². The van der Waals surface area contributed by atoms with Crippen LogP contribution in [0.5, 0.6) is 0 Å². The highest BCUT2D eigenvalue weighted by atomic mass is 79.9. The molecule has 11 heteroatoms. The molecule has 4 atom stereocenters. The minimum absolute atomic E-state index is 0.243. The third-order valence-electron chi connectivity index (χ3n) is 8.29. The maximum absolute atomic E-state index is 16.1. The minimum Gasteiger partial charge on any atom is -0.468 e. The van der Waals surface area contributed by atoms with Crippen LogP contribution >= 0.6 is 15.9 Å². The molecule has 3 aromatic carbocycles. The van der Waals surface area contributed by atoms with Crippen LogP contribution in [0, 0.1) is 23.3 Å². The molecule has 1 amide bonds. The molecule has 0 aromatic heterocycles. The Labute approximate surface area is 235 Å². The van der Waals surface area contributed by atoms with Crippen molar-refractivity contribution < 1.29 is 31.9 Å². The topological polar surface area (TPSA) is 70.7 Å². The van der Waals surface area contributed by atoms with Crippen LogP contribution in [0.15, 0.2) is 53.0 Å². The van der Waals surface area contributed by atoms with E-state index in [0.29, 0.717) is 29.7 Å². The average Bonchev–Trinajstić information content (AvgIpc) is 3.67. The van der Waals surface area contributed by atoms with E-state index in [9.17, 15) is 9.59 Å². The molecule has 3 aliphatic heterocycles. The second-order valence-electron chi connectivity index (χ2n) is 10.2. The number of carbonyl (C=O) groups excluding carboxylic acids is 2. The molecule has 3 aliphatic rings. The van der Waals surface area contributed by atoms with E-state index in [0.717, 1.165) is 11.6 Å². The van der Waals surface area contributed by atoms with E-state index in [1.165, 1.54) is 4.90 Å². The van der Waals surface area contributed by atoms with Crippen molar-refractivity contribution in [1.29, 1.82) is 0 Å². The Morgan fingerprint density at radius 1 is 0.975 bits per heavy atom. The largest absolute Gasteiger partial charge is 0.468 e. The van der Waals surface area contributed by atoms with E-state index in [-0.39, 0.29) is 13.1 Å². The lowest BCUT2D eigenvalue weighted by Gasteiger charge is -2.36. The van der Waals surface area contributed by atoms with Gasteiger partial charge in [0.05, 0.1) is 13.2 Å². The van der Waals surface area contributed by atoms with Gasteiger partial charge in [-0.2, -0.15) is 0 Å². The number of para-hydroxylation sites is 1. The molecule has 3 heterocycles. The number of methoxy groups -OCH3 is 1. The van der Waals surface area contributed by atoms with Gasteiger partial charge in [-0.05, 0) is 42.2 Å². The Morgan fingerprint density at radius 3 is 2.23 bits per heavy atom. The number of amides is 1.